The van der Waals surface area contributed by atoms with Gasteiger partial charge in [0.2, 0.25) is 5.95 Å². The molecule has 2 N–H and O–H groups in total. The highest BCUT2D eigenvalue weighted by atomic mass is 19.1. The molecule has 4 heterocycles. The van der Waals surface area contributed by atoms with Crippen LogP contribution >= 0.6 is 0 Å². The Bertz CT molecular complexity index is 1280. The maximum Gasteiger partial charge on any atom is 0.223 e. The smallest absolute Gasteiger partial charge is 0.223 e. The number of aryl methyl sites for hydroxylation is 2. The van der Waals surface area contributed by atoms with Crippen molar-refractivity contribution < 1.29 is 4.39 Å². The Morgan fingerprint density at radius 1 is 1.22 bits per heavy atom. The Morgan fingerprint density at radius 2 is 2.06 bits per heavy atom. The van der Waals surface area contributed by atoms with Crippen LogP contribution in [0.2, 0.25) is 0 Å². The highest BCUT2D eigenvalue weighted by Gasteiger charge is 2.30. The van der Waals surface area contributed by atoms with Gasteiger partial charge in [-0.05, 0) is 45.7 Å². The van der Waals surface area contributed by atoms with Crippen molar-refractivity contribution in [1.82, 2.24) is 29.4 Å². The first-order chi connectivity index (χ1) is 15.4. The van der Waals surface area contributed by atoms with Crippen molar-refractivity contribution >= 4 is 17.3 Å². The van der Waals surface area contributed by atoms with E-state index in [4.69, 9.17) is 15.8 Å². The van der Waals surface area contributed by atoms with Gasteiger partial charge in [0.05, 0.1) is 17.6 Å². The maximum absolute atomic E-state index is 13.8. The third-order valence-corrected chi connectivity index (χ3v) is 6.38. The molecule has 5 rings (SSSR count). The van der Waals surface area contributed by atoms with Gasteiger partial charge in [0.25, 0.3) is 0 Å². The number of rotatable bonds is 4. The molecule has 1 saturated heterocycles. The van der Waals surface area contributed by atoms with E-state index in [1.54, 1.807) is 10.6 Å². The second kappa shape index (κ2) is 7.89. The zero-order valence-electron chi connectivity index (χ0n) is 18.5. The van der Waals surface area contributed by atoms with Crippen LogP contribution in [0.5, 0.6) is 0 Å². The second-order valence-electron chi connectivity index (χ2n) is 8.49. The van der Waals surface area contributed by atoms with Gasteiger partial charge in [-0.3, -0.25) is 4.68 Å². The third kappa shape index (κ3) is 3.47. The van der Waals surface area contributed by atoms with Gasteiger partial charge >= 0.3 is 0 Å². The summed E-state index contributed by atoms with van der Waals surface area (Å²) in [6.07, 6.45) is 6.06. The van der Waals surface area contributed by atoms with E-state index in [-0.39, 0.29) is 17.7 Å². The van der Waals surface area contributed by atoms with Crippen LogP contribution in [-0.4, -0.2) is 41.9 Å². The van der Waals surface area contributed by atoms with Crippen molar-refractivity contribution in [3.8, 4) is 11.3 Å². The summed E-state index contributed by atoms with van der Waals surface area (Å²) in [6, 6.07) is 6.78. The second-order valence-corrected chi connectivity index (χ2v) is 8.49. The fourth-order valence-corrected chi connectivity index (χ4v) is 4.52. The number of fused-ring (bicyclic) bond motifs is 1. The molecule has 4 aromatic rings. The van der Waals surface area contributed by atoms with Crippen molar-refractivity contribution in [1.29, 1.82) is 0 Å². The molecule has 1 aliphatic heterocycles. The molecule has 0 saturated carbocycles. The van der Waals surface area contributed by atoms with Crippen LogP contribution in [0, 0.1) is 12.7 Å². The molecule has 0 aliphatic carbocycles. The van der Waals surface area contributed by atoms with Gasteiger partial charge in [0.1, 0.15) is 5.82 Å². The standard InChI is InChI=1S/C23H27FN8/c1-4-30-13-19(11-26-30)31-12-17(9-8-14(31)2)21-28-22-15(3)20(27-23(25)32(22)29-21)16-6-5-7-18(24)10-16/h5-7,10-11,13-14,17H,4,8-9,12H2,1-3H3,(H2,25,27)/t14-,17-/m1/s1. The van der Waals surface area contributed by atoms with E-state index in [2.05, 4.69) is 35.0 Å². The number of piperidine rings is 1. The predicted octanol–water partition coefficient (Wildman–Crippen LogP) is 3.81. The highest BCUT2D eigenvalue weighted by Crippen LogP contribution is 2.33. The number of hydrogen-bond acceptors (Lipinski definition) is 6. The first-order valence-corrected chi connectivity index (χ1v) is 11.0. The minimum Gasteiger partial charge on any atom is -0.368 e. The number of benzene rings is 1. The molecule has 0 radical (unpaired) electrons. The van der Waals surface area contributed by atoms with Gasteiger partial charge in [-0.25, -0.2) is 14.4 Å². The van der Waals surface area contributed by atoms with Crippen molar-refractivity contribution in [3.63, 3.8) is 0 Å². The fraction of sp³-hybridized carbons (Fsp3) is 0.391. The lowest BCUT2D eigenvalue weighted by Gasteiger charge is -2.37. The molecule has 1 aromatic carbocycles. The molecule has 0 bridgehead atoms. The molecular formula is C23H27FN8. The minimum absolute atomic E-state index is 0.174. The molecule has 32 heavy (non-hydrogen) atoms. The number of hydrogen-bond donors (Lipinski definition) is 1. The molecule has 1 fully saturated rings. The summed E-state index contributed by atoms with van der Waals surface area (Å²) < 4.78 is 17.3. The van der Waals surface area contributed by atoms with Crippen molar-refractivity contribution in [2.75, 3.05) is 17.2 Å². The Morgan fingerprint density at radius 3 is 2.81 bits per heavy atom. The number of anilines is 2. The van der Waals surface area contributed by atoms with Crippen molar-refractivity contribution in [3.05, 3.63) is 53.9 Å². The van der Waals surface area contributed by atoms with Gasteiger partial charge in [-0.1, -0.05) is 12.1 Å². The predicted molar refractivity (Wildman–Crippen MR) is 122 cm³/mol. The zero-order valence-corrected chi connectivity index (χ0v) is 18.5. The van der Waals surface area contributed by atoms with Crippen molar-refractivity contribution in [2.24, 2.45) is 0 Å². The average molecular weight is 435 g/mol. The average Bonchev–Trinajstić information content (AvgIpc) is 3.44. The molecule has 0 spiro atoms. The maximum atomic E-state index is 13.8. The Balaban J connectivity index is 1.50. The lowest BCUT2D eigenvalue weighted by Crippen LogP contribution is -2.41. The molecule has 166 valence electrons. The summed E-state index contributed by atoms with van der Waals surface area (Å²) in [4.78, 5) is 11.8. The Hall–Kier alpha value is -3.49. The monoisotopic (exact) mass is 434 g/mol. The van der Waals surface area contributed by atoms with E-state index in [1.165, 1.54) is 12.1 Å². The third-order valence-electron chi connectivity index (χ3n) is 6.38. The quantitative estimate of drug-likeness (QED) is 0.525. The van der Waals surface area contributed by atoms with Crippen LogP contribution in [0.4, 0.5) is 16.0 Å². The van der Waals surface area contributed by atoms with Crippen LogP contribution in [0.15, 0.2) is 36.7 Å². The molecule has 1 aliphatic rings. The minimum atomic E-state index is -0.313. The summed E-state index contributed by atoms with van der Waals surface area (Å²) in [5.41, 5.74) is 10.1. The van der Waals surface area contributed by atoms with E-state index in [0.717, 1.165) is 43.0 Å². The van der Waals surface area contributed by atoms with Crippen LogP contribution in [0.3, 0.4) is 0 Å². The summed E-state index contributed by atoms with van der Waals surface area (Å²) in [5, 5.41) is 9.15. The van der Waals surface area contributed by atoms with E-state index in [9.17, 15) is 4.39 Å². The highest BCUT2D eigenvalue weighted by molar-refractivity contribution is 5.71. The molecular weight excluding hydrogens is 407 g/mol. The van der Waals surface area contributed by atoms with Crippen LogP contribution in [0.1, 0.15) is 44.0 Å². The zero-order chi connectivity index (χ0) is 22.4. The molecule has 2 atom stereocenters. The van der Waals surface area contributed by atoms with Crippen LogP contribution in [0.25, 0.3) is 16.9 Å². The van der Waals surface area contributed by atoms with Gasteiger partial charge in [-0.15, -0.1) is 5.10 Å². The molecule has 0 amide bonds. The summed E-state index contributed by atoms with van der Waals surface area (Å²) in [5.74, 6) is 0.867. The SMILES string of the molecule is CCn1cc(N2C[C@H](c3nc4c(C)c(-c5cccc(F)c5)nc(N)n4n3)CC[C@H]2C)cn1. The number of halogens is 1. The molecule has 9 heteroatoms. The topological polar surface area (TPSA) is 90.2 Å². The Kier molecular flexibility index (Phi) is 5.03. The molecule has 0 unspecified atom stereocenters. The first-order valence-electron chi connectivity index (χ1n) is 11.0. The lowest BCUT2D eigenvalue weighted by molar-refractivity contribution is 0.426. The van der Waals surface area contributed by atoms with Crippen molar-refractivity contribution in [2.45, 2.75) is 52.1 Å². The number of nitrogens with zero attached hydrogens (tertiary/aromatic N) is 7. The number of nitrogens with two attached hydrogens (primary N) is 1. The van der Waals surface area contributed by atoms with E-state index in [0.29, 0.717) is 22.9 Å². The lowest BCUT2D eigenvalue weighted by atomic mass is 9.92. The first kappa shape index (κ1) is 20.4. The van der Waals surface area contributed by atoms with Gasteiger partial charge in [0.15, 0.2) is 11.5 Å². The van der Waals surface area contributed by atoms with Crippen LogP contribution < -0.4 is 10.6 Å². The van der Waals surface area contributed by atoms with Gasteiger partial charge < -0.3 is 10.6 Å². The number of aromatic nitrogens is 6. The van der Waals surface area contributed by atoms with E-state index >= 15 is 0 Å². The summed E-state index contributed by atoms with van der Waals surface area (Å²) >= 11 is 0. The van der Waals surface area contributed by atoms with Gasteiger partial charge in [0, 0.05) is 42.4 Å². The van der Waals surface area contributed by atoms with E-state index in [1.807, 2.05) is 23.9 Å². The van der Waals surface area contributed by atoms with Gasteiger partial charge in [-0.2, -0.15) is 9.61 Å². The fourth-order valence-electron chi connectivity index (χ4n) is 4.52. The normalized spacial score (nSPS) is 19.1. The largest absolute Gasteiger partial charge is 0.368 e. The molecule has 3 aromatic heterocycles. The Labute approximate surface area is 185 Å². The van der Waals surface area contributed by atoms with Crippen LogP contribution in [-0.2, 0) is 6.54 Å². The number of nitrogen functional groups attached to an aromatic ring is 1. The molecule has 8 nitrogen and oxygen atoms in total. The van der Waals surface area contributed by atoms with E-state index < -0.39 is 0 Å². The summed E-state index contributed by atoms with van der Waals surface area (Å²) in [6.45, 7) is 7.91. The summed E-state index contributed by atoms with van der Waals surface area (Å²) in [7, 11) is 0.